The van der Waals surface area contributed by atoms with Crippen molar-refractivity contribution in [2.45, 2.75) is 26.3 Å². The van der Waals surface area contributed by atoms with Crippen LogP contribution in [-0.4, -0.2) is 27.4 Å². The fraction of sp³-hybridized carbons (Fsp3) is 0.357. The molecule has 0 saturated heterocycles. The van der Waals surface area contributed by atoms with Crippen molar-refractivity contribution >= 4 is 23.2 Å². The highest BCUT2D eigenvalue weighted by Crippen LogP contribution is 2.23. The van der Waals surface area contributed by atoms with Crippen molar-refractivity contribution in [2.24, 2.45) is 12.8 Å². The monoisotopic (exact) mass is 306 g/mol. The summed E-state index contributed by atoms with van der Waals surface area (Å²) in [5, 5.41) is 5.56. The largest absolute Gasteiger partial charge is 0.368 e. The molecule has 0 aliphatic heterocycles. The molecule has 0 fully saturated rings. The second-order valence-corrected chi connectivity index (χ2v) is 5.88. The number of aryl methyl sites for hydroxylation is 2. The van der Waals surface area contributed by atoms with Crippen molar-refractivity contribution in [3.8, 4) is 11.3 Å². The lowest BCUT2D eigenvalue weighted by Gasteiger charge is -2.13. The molecule has 7 heteroatoms. The number of rotatable bonds is 5. The Labute approximate surface area is 127 Å². The number of carbonyl (C=O) groups is 2. The predicted octanol–water partition coefficient (Wildman–Crippen LogP) is 1.45. The first-order valence-electron chi connectivity index (χ1n) is 6.61. The van der Waals surface area contributed by atoms with E-state index in [4.69, 9.17) is 5.73 Å². The summed E-state index contributed by atoms with van der Waals surface area (Å²) in [5.74, 6) is -0.850. The topological polar surface area (TPSA) is 90.0 Å². The van der Waals surface area contributed by atoms with E-state index < -0.39 is 11.9 Å². The van der Waals surface area contributed by atoms with Gasteiger partial charge in [-0.1, -0.05) is 6.92 Å². The van der Waals surface area contributed by atoms with Gasteiger partial charge in [0.1, 0.15) is 11.7 Å². The minimum atomic E-state index is -0.655. The Hall–Kier alpha value is -2.15. The molecule has 0 saturated carbocycles. The van der Waals surface area contributed by atoms with Gasteiger partial charge < -0.3 is 15.6 Å². The standard InChI is InChI=1S/C14H18N4O2S/c1-4-10(13(15)19)17-14(20)12-5-9(6-18(12)3)11-7-21-8(2)16-11/h5-7,10H,4H2,1-3H3,(H2,15,19)(H,17,20)/t10-/m1/s1. The first-order valence-corrected chi connectivity index (χ1v) is 7.49. The predicted molar refractivity (Wildman–Crippen MR) is 82.0 cm³/mol. The van der Waals surface area contributed by atoms with Gasteiger partial charge in [-0.05, 0) is 19.4 Å². The van der Waals surface area contributed by atoms with Crippen LogP contribution in [0.5, 0.6) is 0 Å². The smallest absolute Gasteiger partial charge is 0.268 e. The summed E-state index contributed by atoms with van der Waals surface area (Å²) in [7, 11) is 1.78. The summed E-state index contributed by atoms with van der Waals surface area (Å²) in [6.45, 7) is 3.73. The van der Waals surface area contributed by atoms with Crippen molar-refractivity contribution in [1.29, 1.82) is 0 Å². The number of nitrogens with two attached hydrogens (primary N) is 1. The highest BCUT2D eigenvalue weighted by molar-refractivity contribution is 7.09. The molecule has 1 atom stereocenters. The maximum atomic E-state index is 12.2. The zero-order chi connectivity index (χ0) is 15.6. The molecule has 6 nitrogen and oxygen atoms in total. The van der Waals surface area contributed by atoms with Gasteiger partial charge in [0, 0.05) is 24.2 Å². The van der Waals surface area contributed by atoms with Gasteiger partial charge in [-0.2, -0.15) is 0 Å². The molecule has 0 aromatic carbocycles. The molecular formula is C14H18N4O2S. The highest BCUT2D eigenvalue weighted by Gasteiger charge is 2.19. The number of nitrogens with one attached hydrogen (secondary N) is 1. The van der Waals surface area contributed by atoms with Crippen molar-refractivity contribution in [1.82, 2.24) is 14.9 Å². The summed E-state index contributed by atoms with van der Waals surface area (Å²) >= 11 is 1.56. The minimum absolute atomic E-state index is 0.318. The van der Waals surface area contributed by atoms with Gasteiger partial charge in [0.2, 0.25) is 5.91 Å². The summed E-state index contributed by atoms with van der Waals surface area (Å²) in [5.41, 5.74) is 7.43. The second kappa shape index (κ2) is 6.09. The van der Waals surface area contributed by atoms with Crippen LogP contribution in [0, 0.1) is 6.92 Å². The number of aromatic nitrogens is 2. The first kappa shape index (κ1) is 15.2. The molecule has 2 aromatic rings. The molecule has 21 heavy (non-hydrogen) atoms. The molecule has 2 heterocycles. The summed E-state index contributed by atoms with van der Waals surface area (Å²) in [6.07, 6.45) is 2.30. The van der Waals surface area contributed by atoms with Gasteiger partial charge >= 0.3 is 0 Å². The number of thiazole rings is 1. The van der Waals surface area contributed by atoms with Gasteiger partial charge in [0.05, 0.1) is 10.7 Å². The molecule has 0 spiro atoms. The van der Waals surface area contributed by atoms with Gasteiger partial charge in [-0.15, -0.1) is 11.3 Å². The zero-order valence-corrected chi connectivity index (χ0v) is 13.0. The quantitative estimate of drug-likeness (QED) is 0.876. The number of amides is 2. The van der Waals surface area contributed by atoms with E-state index in [2.05, 4.69) is 10.3 Å². The molecule has 0 unspecified atom stereocenters. The van der Waals surface area contributed by atoms with E-state index in [9.17, 15) is 9.59 Å². The van der Waals surface area contributed by atoms with E-state index in [1.807, 2.05) is 18.5 Å². The molecule has 112 valence electrons. The van der Waals surface area contributed by atoms with Crippen LogP contribution in [0.15, 0.2) is 17.6 Å². The van der Waals surface area contributed by atoms with E-state index in [1.165, 1.54) is 0 Å². The second-order valence-electron chi connectivity index (χ2n) is 4.81. The molecule has 2 aromatic heterocycles. The van der Waals surface area contributed by atoms with Crippen LogP contribution in [0.3, 0.4) is 0 Å². The lowest BCUT2D eigenvalue weighted by atomic mass is 10.2. The van der Waals surface area contributed by atoms with Gasteiger partial charge in [-0.25, -0.2) is 4.98 Å². The third-order valence-corrected chi connectivity index (χ3v) is 3.98. The number of carbonyl (C=O) groups excluding carboxylic acids is 2. The number of nitrogens with zero attached hydrogens (tertiary/aromatic N) is 2. The number of hydrogen-bond donors (Lipinski definition) is 2. The number of hydrogen-bond acceptors (Lipinski definition) is 4. The molecule has 0 bridgehead atoms. The Morgan fingerprint density at radius 2 is 2.24 bits per heavy atom. The van der Waals surface area contributed by atoms with E-state index >= 15 is 0 Å². The SMILES string of the molecule is CC[C@@H](NC(=O)c1cc(-c2csc(C)n2)cn1C)C(N)=O. The van der Waals surface area contributed by atoms with Gasteiger partial charge in [0.15, 0.2) is 0 Å². The maximum Gasteiger partial charge on any atom is 0.268 e. The molecule has 2 amide bonds. The highest BCUT2D eigenvalue weighted by atomic mass is 32.1. The fourth-order valence-electron chi connectivity index (χ4n) is 2.03. The summed E-state index contributed by atoms with van der Waals surface area (Å²) < 4.78 is 1.72. The zero-order valence-electron chi connectivity index (χ0n) is 12.2. The molecule has 0 aliphatic carbocycles. The molecular weight excluding hydrogens is 288 g/mol. The lowest BCUT2D eigenvalue weighted by molar-refractivity contribution is -0.119. The van der Waals surface area contributed by atoms with Crippen LogP contribution < -0.4 is 11.1 Å². The van der Waals surface area contributed by atoms with E-state index in [-0.39, 0.29) is 5.91 Å². The Morgan fingerprint density at radius 1 is 1.52 bits per heavy atom. The van der Waals surface area contributed by atoms with Crippen molar-refractivity contribution < 1.29 is 9.59 Å². The van der Waals surface area contributed by atoms with Crippen LogP contribution in [0.1, 0.15) is 28.8 Å². The van der Waals surface area contributed by atoms with Crippen LogP contribution in [-0.2, 0) is 11.8 Å². The Bertz CT molecular complexity index is 674. The molecule has 3 N–H and O–H groups in total. The van der Waals surface area contributed by atoms with Crippen molar-refractivity contribution in [2.75, 3.05) is 0 Å². The third kappa shape index (κ3) is 3.30. The molecule has 0 aliphatic rings. The van der Waals surface area contributed by atoms with E-state index in [0.717, 1.165) is 16.3 Å². The maximum absolute atomic E-state index is 12.2. The number of primary amides is 1. The summed E-state index contributed by atoms with van der Waals surface area (Å²) in [6, 6.07) is 1.11. The average molecular weight is 306 g/mol. The molecule has 0 radical (unpaired) electrons. The lowest BCUT2D eigenvalue weighted by Crippen LogP contribution is -2.44. The van der Waals surface area contributed by atoms with Crippen molar-refractivity contribution in [3.63, 3.8) is 0 Å². The normalized spacial score (nSPS) is 12.1. The van der Waals surface area contributed by atoms with Gasteiger partial charge in [-0.3, -0.25) is 9.59 Å². The van der Waals surface area contributed by atoms with Gasteiger partial charge in [0.25, 0.3) is 5.91 Å². The van der Waals surface area contributed by atoms with Crippen LogP contribution in [0.2, 0.25) is 0 Å². The average Bonchev–Trinajstić information content (AvgIpc) is 3.01. The van der Waals surface area contributed by atoms with Crippen LogP contribution >= 0.6 is 11.3 Å². The van der Waals surface area contributed by atoms with Crippen molar-refractivity contribution in [3.05, 3.63) is 28.3 Å². The fourth-order valence-corrected chi connectivity index (χ4v) is 2.65. The first-order chi connectivity index (χ1) is 9.92. The minimum Gasteiger partial charge on any atom is -0.368 e. The molecule has 2 rings (SSSR count). The summed E-state index contributed by atoms with van der Waals surface area (Å²) in [4.78, 5) is 27.8. The Kier molecular flexibility index (Phi) is 4.42. The van der Waals surface area contributed by atoms with Crippen LogP contribution in [0.25, 0.3) is 11.3 Å². The van der Waals surface area contributed by atoms with E-state index in [1.54, 1.807) is 35.9 Å². The van der Waals surface area contributed by atoms with E-state index in [0.29, 0.717) is 12.1 Å². The van der Waals surface area contributed by atoms with Crippen LogP contribution in [0.4, 0.5) is 0 Å². The third-order valence-electron chi connectivity index (χ3n) is 3.21. The Balaban J connectivity index is 2.22. The Morgan fingerprint density at radius 3 is 2.76 bits per heavy atom.